The van der Waals surface area contributed by atoms with Crippen LogP contribution in [0.25, 0.3) is 0 Å². The summed E-state index contributed by atoms with van der Waals surface area (Å²) in [7, 11) is 0. The molecule has 0 aliphatic carbocycles. The van der Waals surface area contributed by atoms with Crippen molar-refractivity contribution < 1.29 is 0 Å². The van der Waals surface area contributed by atoms with E-state index in [9.17, 15) is 0 Å². The van der Waals surface area contributed by atoms with Gasteiger partial charge in [-0.3, -0.25) is 4.98 Å². The number of pyridine rings is 1. The lowest BCUT2D eigenvalue weighted by Gasteiger charge is -1.98. The highest BCUT2D eigenvalue weighted by Gasteiger charge is 1.99. The van der Waals surface area contributed by atoms with Gasteiger partial charge in [-0.1, -0.05) is 0 Å². The first-order chi connectivity index (χ1) is 5.77. The summed E-state index contributed by atoms with van der Waals surface area (Å²) in [6, 6.07) is 5.71. The van der Waals surface area contributed by atoms with Crippen LogP contribution in [-0.2, 0) is 6.42 Å². The maximum atomic E-state index is 8.55. The van der Waals surface area contributed by atoms with Gasteiger partial charge in [0.2, 0.25) is 0 Å². The van der Waals surface area contributed by atoms with Crippen LogP contribution in [0.2, 0.25) is 0 Å². The predicted octanol–water partition coefficient (Wildman–Crippen LogP) is 1.33. The van der Waals surface area contributed by atoms with Gasteiger partial charge in [0.1, 0.15) is 6.07 Å². The summed E-state index contributed by atoms with van der Waals surface area (Å²) < 4.78 is 0. The van der Waals surface area contributed by atoms with Crippen LogP contribution >= 0.6 is 0 Å². The Bertz CT molecular complexity index is 368. The molecule has 0 radical (unpaired) electrons. The van der Waals surface area contributed by atoms with Crippen molar-refractivity contribution >= 4 is 0 Å². The molecule has 3 heteroatoms. The number of nitriles is 2. The highest BCUT2D eigenvalue weighted by atomic mass is 14.7. The van der Waals surface area contributed by atoms with E-state index in [1.54, 1.807) is 6.07 Å². The molecule has 0 bridgehead atoms. The molecule has 0 unspecified atom stereocenters. The van der Waals surface area contributed by atoms with Gasteiger partial charge in [-0.2, -0.15) is 10.5 Å². The fourth-order valence-corrected chi connectivity index (χ4v) is 0.904. The third-order valence-corrected chi connectivity index (χ3v) is 1.59. The SMILES string of the molecule is Cc1ncc(C#N)cc1CC#N. The Morgan fingerprint density at radius 2 is 2.25 bits per heavy atom. The second kappa shape index (κ2) is 3.50. The molecule has 12 heavy (non-hydrogen) atoms. The Kier molecular flexibility index (Phi) is 2.40. The Morgan fingerprint density at radius 1 is 1.50 bits per heavy atom. The smallest absolute Gasteiger partial charge is 0.101 e. The van der Waals surface area contributed by atoms with E-state index < -0.39 is 0 Å². The minimum absolute atomic E-state index is 0.314. The molecule has 0 aromatic carbocycles. The van der Waals surface area contributed by atoms with E-state index in [4.69, 9.17) is 10.5 Å². The fraction of sp³-hybridized carbons (Fsp3) is 0.222. The van der Waals surface area contributed by atoms with Crippen molar-refractivity contribution in [2.45, 2.75) is 13.3 Å². The molecule has 58 valence electrons. The zero-order valence-electron chi connectivity index (χ0n) is 6.70. The molecule has 3 nitrogen and oxygen atoms in total. The molecular formula is C9H7N3. The van der Waals surface area contributed by atoms with E-state index in [2.05, 4.69) is 4.98 Å². The Hall–Kier alpha value is -1.87. The van der Waals surface area contributed by atoms with E-state index in [-0.39, 0.29) is 0 Å². The summed E-state index contributed by atoms with van der Waals surface area (Å²) >= 11 is 0. The third-order valence-electron chi connectivity index (χ3n) is 1.59. The van der Waals surface area contributed by atoms with Crippen LogP contribution in [0.1, 0.15) is 16.8 Å². The number of rotatable bonds is 1. The quantitative estimate of drug-likeness (QED) is 0.617. The van der Waals surface area contributed by atoms with Gasteiger partial charge in [-0.15, -0.1) is 0 Å². The number of hydrogen-bond acceptors (Lipinski definition) is 3. The normalized spacial score (nSPS) is 8.58. The summed E-state index contributed by atoms with van der Waals surface area (Å²) in [6.45, 7) is 1.83. The largest absolute Gasteiger partial charge is 0.260 e. The van der Waals surface area contributed by atoms with Crippen molar-refractivity contribution in [2.75, 3.05) is 0 Å². The van der Waals surface area contributed by atoms with Gasteiger partial charge in [-0.05, 0) is 18.6 Å². The molecule has 0 spiro atoms. The summed E-state index contributed by atoms with van der Waals surface area (Å²) in [5.74, 6) is 0. The Morgan fingerprint density at radius 3 is 2.83 bits per heavy atom. The lowest BCUT2D eigenvalue weighted by molar-refractivity contribution is 1.10. The molecule has 0 amide bonds. The van der Waals surface area contributed by atoms with Crippen LogP contribution in [0.4, 0.5) is 0 Å². The zero-order chi connectivity index (χ0) is 8.97. The van der Waals surface area contributed by atoms with Gasteiger partial charge < -0.3 is 0 Å². The molecule has 0 saturated carbocycles. The lowest BCUT2D eigenvalue weighted by Crippen LogP contribution is -1.92. The maximum Gasteiger partial charge on any atom is 0.101 e. The van der Waals surface area contributed by atoms with Crippen molar-refractivity contribution in [3.63, 3.8) is 0 Å². The molecule has 1 aromatic rings. The number of aryl methyl sites for hydroxylation is 1. The second-order valence-corrected chi connectivity index (χ2v) is 2.42. The first kappa shape index (κ1) is 8.23. The van der Waals surface area contributed by atoms with Crippen LogP contribution in [0.3, 0.4) is 0 Å². The average molecular weight is 157 g/mol. The van der Waals surface area contributed by atoms with Crippen LogP contribution in [0, 0.1) is 29.6 Å². The molecule has 0 fully saturated rings. The number of hydrogen-bond donors (Lipinski definition) is 0. The molecule has 1 heterocycles. The van der Waals surface area contributed by atoms with Gasteiger partial charge in [0, 0.05) is 11.9 Å². The van der Waals surface area contributed by atoms with E-state index in [1.807, 2.05) is 19.1 Å². The highest BCUT2D eigenvalue weighted by Crippen LogP contribution is 2.07. The van der Waals surface area contributed by atoms with Gasteiger partial charge >= 0.3 is 0 Å². The fourth-order valence-electron chi connectivity index (χ4n) is 0.904. The topological polar surface area (TPSA) is 60.5 Å². The first-order valence-corrected chi connectivity index (χ1v) is 3.50. The van der Waals surface area contributed by atoms with E-state index in [1.165, 1.54) is 6.20 Å². The van der Waals surface area contributed by atoms with Gasteiger partial charge in [0.05, 0.1) is 18.1 Å². The Balaban J connectivity index is 3.12. The average Bonchev–Trinajstić information content (AvgIpc) is 2.09. The summed E-state index contributed by atoms with van der Waals surface area (Å²) in [5, 5.41) is 17.0. The standard InChI is InChI=1S/C9H7N3/c1-7-9(2-3-10)4-8(5-11)6-12-7/h4,6H,2H2,1H3. The van der Waals surface area contributed by atoms with E-state index in [0.29, 0.717) is 12.0 Å². The number of aromatic nitrogens is 1. The zero-order valence-corrected chi connectivity index (χ0v) is 6.70. The van der Waals surface area contributed by atoms with E-state index in [0.717, 1.165) is 11.3 Å². The molecule has 0 saturated heterocycles. The van der Waals surface area contributed by atoms with Crippen molar-refractivity contribution in [1.29, 1.82) is 10.5 Å². The predicted molar refractivity (Wildman–Crippen MR) is 43.0 cm³/mol. The van der Waals surface area contributed by atoms with Crippen LogP contribution in [0.15, 0.2) is 12.3 Å². The molecular weight excluding hydrogens is 150 g/mol. The van der Waals surface area contributed by atoms with Crippen molar-refractivity contribution in [2.24, 2.45) is 0 Å². The van der Waals surface area contributed by atoms with E-state index >= 15 is 0 Å². The minimum Gasteiger partial charge on any atom is -0.260 e. The molecule has 0 N–H and O–H groups in total. The minimum atomic E-state index is 0.314. The molecule has 0 atom stereocenters. The second-order valence-electron chi connectivity index (χ2n) is 2.42. The Labute approximate surface area is 70.9 Å². The number of nitrogens with zero attached hydrogens (tertiary/aromatic N) is 3. The third kappa shape index (κ3) is 1.59. The summed E-state index contributed by atoms with van der Waals surface area (Å²) in [6.07, 6.45) is 1.82. The van der Waals surface area contributed by atoms with Gasteiger partial charge in [0.15, 0.2) is 0 Å². The van der Waals surface area contributed by atoms with Crippen LogP contribution in [0.5, 0.6) is 0 Å². The molecule has 0 aliphatic heterocycles. The first-order valence-electron chi connectivity index (χ1n) is 3.50. The molecule has 1 rings (SSSR count). The van der Waals surface area contributed by atoms with Crippen molar-refractivity contribution in [3.05, 3.63) is 29.1 Å². The lowest BCUT2D eigenvalue weighted by atomic mass is 10.1. The monoisotopic (exact) mass is 157 g/mol. The van der Waals surface area contributed by atoms with Gasteiger partial charge in [0.25, 0.3) is 0 Å². The molecule has 0 aliphatic rings. The maximum absolute atomic E-state index is 8.55. The summed E-state index contributed by atoms with van der Waals surface area (Å²) in [5.41, 5.74) is 2.15. The van der Waals surface area contributed by atoms with Gasteiger partial charge in [-0.25, -0.2) is 0 Å². The van der Waals surface area contributed by atoms with Crippen LogP contribution in [-0.4, -0.2) is 4.98 Å². The summed E-state index contributed by atoms with van der Waals surface area (Å²) in [4.78, 5) is 3.99. The van der Waals surface area contributed by atoms with Crippen molar-refractivity contribution in [1.82, 2.24) is 4.98 Å². The highest BCUT2D eigenvalue weighted by molar-refractivity contribution is 5.33. The van der Waals surface area contributed by atoms with Crippen LogP contribution < -0.4 is 0 Å². The molecule has 1 aromatic heterocycles. The van der Waals surface area contributed by atoms with Crippen molar-refractivity contribution in [3.8, 4) is 12.1 Å².